The van der Waals surface area contributed by atoms with Crippen molar-refractivity contribution in [1.29, 1.82) is 0 Å². The summed E-state index contributed by atoms with van der Waals surface area (Å²) >= 11 is 0. The molecule has 1 heterocycles. The van der Waals surface area contributed by atoms with Gasteiger partial charge in [-0.05, 0) is 19.9 Å². The van der Waals surface area contributed by atoms with Crippen molar-refractivity contribution in [3.05, 3.63) is 11.6 Å². The molecular formula is C16H31N5O2. The Kier molecular flexibility index (Phi) is 6.70. The van der Waals surface area contributed by atoms with Gasteiger partial charge in [-0.15, -0.1) is 10.2 Å². The van der Waals surface area contributed by atoms with Crippen molar-refractivity contribution in [2.75, 3.05) is 20.1 Å². The van der Waals surface area contributed by atoms with Crippen molar-refractivity contribution in [2.45, 2.75) is 47.3 Å². The molecule has 1 atom stereocenters. The predicted molar refractivity (Wildman–Crippen MR) is 89.7 cm³/mol. The van der Waals surface area contributed by atoms with Crippen LogP contribution in [0.5, 0.6) is 0 Å². The summed E-state index contributed by atoms with van der Waals surface area (Å²) in [7, 11) is 3.78. The molecule has 0 saturated carbocycles. The van der Waals surface area contributed by atoms with Crippen molar-refractivity contribution >= 4 is 5.91 Å². The predicted octanol–water partition coefficient (Wildman–Crippen LogP) is 0.715. The van der Waals surface area contributed by atoms with Crippen LogP contribution in [-0.4, -0.2) is 56.9 Å². The van der Waals surface area contributed by atoms with Gasteiger partial charge >= 0.3 is 0 Å². The lowest BCUT2D eigenvalue weighted by Crippen LogP contribution is -2.45. The van der Waals surface area contributed by atoms with Crippen LogP contribution < -0.4 is 5.32 Å². The van der Waals surface area contributed by atoms with Gasteiger partial charge in [-0.25, -0.2) is 0 Å². The number of aliphatic hydroxyl groups is 1. The van der Waals surface area contributed by atoms with Crippen LogP contribution in [0, 0.1) is 18.3 Å². The lowest BCUT2D eigenvalue weighted by atomic mass is 9.81. The smallest absolute Gasteiger partial charge is 0.234 e. The molecule has 2 N–H and O–H groups in total. The van der Waals surface area contributed by atoms with E-state index in [2.05, 4.69) is 15.5 Å². The van der Waals surface area contributed by atoms with Crippen molar-refractivity contribution in [3.63, 3.8) is 0 Å². The van der Waals surface area contributed by atoms with Crippen LogP contribution in [0.2, 0.25) is 0 Å². The summed E-state index contributed by atoms with van der Waals surface area (Å²) in [5.74, 6) is 1.77. The summed E-state index contributed by atoms with van der Waals surface area (Å²) in [4.78, 5) is 14.0. The minimum atomic E-state index is -0.456. The first-order valence-electron chi connectivity index (χ1n) is 8.02. The highest BCUT2D eigenvalue weighted by Gasteiger charge is 2.30. The van der Waals surface area contributed by atoms with Crippen LogP contribution in [0.15, 0.2) is 0 Å². The molecule has 1 rings (SSSR count). The maximum Gasteiger partial charge on any atom is 0.234 e. The van der Waals surface area contributed by atoms with Crippen LogP contribution >= 0.6 is 0 Å². The normalized spacial score (nSPS) is 13.7. The first-order chi connectivity index (χ1) is 10.5. The van der Waals surface area contributed by atoms with E-state index in [1.54, 1.807) is 0 Å². The lowest BCUT2D eigenvalue weighted by molar-refractivity contribution is -0.123. The molecule has 0 radical (unpaired) electrons. The molecule has 0 aliphatic heterocycles. The van der Waals surface area contributed by atoms with E-state index in [9.17, 15) is 9.90 Å². The second-order valence-electron chi connectivity index (χ2n) is 7.35. The molecular weight excluding hydrogens is 294 g/mol. The van der Waals surface area contributed by atoms with E-state index in [1.807, 2.05) is 58.2 Å². The molecule has 7 nitrogen and oxygen atoms in total. The molecule has 1 unspecified atom stereocenters. The van der Waals surface area contributed by atoms with E-state index in [0.29, 0.717) is 13.1 Å². The Bertz CT molecular complexity index is 525. The van der Waals surface area contributed by atoms with Gasteiger partial charge in [0.1, 0.15) is 11.6 Å². The van der Waals surface area contributed by atoms with E-state index in [-0.39, 0.29) is 23.8 Å². The minimum Gasteiger partial charge on any atom is -0.392 e. The second kappa shape index (κ2) is 7.88. The number of nitrogens with zero attached hydrogens (tertiary/aromatic N) is 4. The number of carbonyl (C=O) groups excluding carboxylic acids is 1. The summed E-state index contributed by atoms with van der Waals surface area (Å²) in [6.07, 6.45) is -0.456. The summed E-state index contributed by atoms with van der Waals surface area (Å²) in [5.41, 5.74) is -0.358. The summed E-state index contributed by atoms with van der Waals surface area (Å²) in [6, 6.07) is 0. The van der Waals surface area contributed by atoms with E-state index in [4.69, 9.17) is 0 Å². The van der Waals surface area contributed by atoms with Gasteiger partial charge in [0, 0.05) is 19.0 Å². The average molecular weight is 325 g/mol. The number of aryl methyl sites for hydroxylation is 1. The van der Waals surface area contributed by atoms with Gasteiger partial charge in [-0.1, -0.05) is 27.7 Å². The highest BCUT2D eigenvalue weighted by molar-refractivity contribution is 5.78. The number of aliphatic hydroxyl groups excluding tert-OH is 1. The van der Waals surface area contributed by atoms with Crippen molar-refractivity contribution < 1.29 is 9.90 Å². The Morgan fingerprint density at radius 3 is 2.48 bits per heavy atom. The van der Waals surface area contributed by atoms with Gasteiger partial charge in [0.2, 0.25) is 5.91 Å². The number of hydrogen-bond acceptors (Lipinski definition) is 5. The highest BCUT2D eigenvalue weighted by atomic mass is 16.3. The maximum absolute atomic E-state index is 12.1. The second-order valence-corrected chi connectivity index (χ2v) is 7.35. The maximum atomic E-state index is 12.1. The number of aromatic nitrogens is 3. The molecule has 0 saturated heterocycles. The van der Waals surface area contributed by atoms with Gasteiger partial charge in [0.25, 0.3) is 0 Å². The Hall–Kier alpha value is -1.47. The first-order valence-corrected chi connectivity index (χ1v) is 8.02. The number of rotatable bonds is 8. The Morgan fingerprint density at radius 1 is 1.39 bits per heavy atom. The lowest BCUT2D eigenvalue weighted by Gasteiger charge is -2.33. The fourth-order valence-electron chi connectivity index (χ4n) is 2.52. The van der Waals surface area contributed by atoms with Gasteiger partial charge in [0.05, 0.1) is 19.2 Å². The quantitative estimate of drug-likeness (QED) is 0.736. The van der Waals surface area contributed by atoms with Crippen LogP contribution in [0.25, 0.3) is 0 Å². The van der Waals surface area contributed by atoms with Crippen molar-refractivity contribution in [1.82, 2.24) is 25.0 Å². The van der Waals surface area contributed by atoms with Gasteiger partial charge in [-0.3, -0.25) is 9.69 Å². The van der Waals surface area contributed by atoms with E-state index in [1.165, 1.54) is 0 Å². The summed E-state index contributed by atoms with van der Waals surface area (Å²) in [6.45, 7) is 11.1. The Balaban J connectivity index is 2.46. The molecule has 1 amide bonds. The fourth-order valence-corrected chi connectivity index (χ4v) is 2.52. The molecule has 7 heteroatoms. The highest BCUT2D eigenvalue weighted by Crippen LogP contribution is 2.24. The molecule has 23 heavy (non-hydrogen) atoms. The van der Waals surface area contributed by atoms with E-state index >= 15 is 0 Å². The van der Waals surface area contributed by atoms with Crippen LogP contribution in [0.3, 0.4) is 0 Å². The zero-order chi connectivity index (χ0) is 17.8. The third-order valence-electron chi connectivity index (χ3n) is 4.18. The molecule has 0 fully saturated rings. The zero-order valence-electron chi connectivity index (χ0n) is 15.4. The topological polar surface area (TPSA) is 83.3 Å². The van der Waals surface area contributed by atoms with Crippen molar-refractivity contribution in [2.24, 2.45) is 18.4 Å². The zero-order valence-corrected chi connectivity index (χ0v) is 15.4. The summed E-state index contributed by atoms with van der Waals surface area (Å²) in [5, 5.41) is 21.2. The van der Waals surface area contributed by atoms with Crippen LogP contribution in [0.4, 0.5) is 0 Å². The number of likely N-dealkylation sites (N-methyl/N-ethyl adjacent to an activating group) is 1. The number of hydrogen-bond donors (Lipinski definition) is 2. The minimum absolute atomic E-state index is 0.0598. The molecule has 132 valence electrons. The third-order valence-corrected chi connectivity index (χ3v) is 4.18. The number of nitrogens with one attached hydrogen (secondary N) is 1. The fraction of sp³-hybridized carbons (Fsp3) is 0.812. The van der Waals surface area contributed by atoms with Crippen molar-refractivity contribution in [3.8, 4) is 0 Å². The van der Waals surface area contributed by atoms with E-state index in [0.717, 1.165) is 11.6 Å². The Labute approximate surface area is 139 Å². The molecule has 0 aromatic carbocycles. The van der Waals surface area contributed by atoms with Gasteiger partial charge in [-0.2, -0.15) is 0 Å². The molecule has 1 aromatic rings. The largest absolute Gasteiger partial charge is 0.392 e. The van der Waals surface area contributed by atoms with Gasteiger partial charge in [0.15, 0.2) is 0 Å². The molecule has 0 aliphatic rings. The Morgan fingerprint density at radius 2 is 2.00 bits per heavy atom. The molecule has 1 aromatic heterocycles. The molecule has 0 aliphatic carbocycles. The number of amides is 1. The first kappa shape index (κ1) is 19.6. The van der Waals surface area contributed by atoms with Crippen LogP contribution in [-0.2, 0) is 18.4 Å². The van der Waals surface area contributed by atoms with Gasteiger partial charge < -0.3 is 15.0 Å². The summed E-state index contributed by atoms with van der Waals surface area (Å²) < 4.78 is 1.91. The monoisotopic (exact) mass is 325 g/mol. The van der Waals surface area contributed by atoms with E-state index < -0.39 is 6.10 Å². The molecule has 0 spiro atoms. The third kappa shape index (κ3) is 5.58. The molecule has 0 bridgehead atoms. The standard InChI is InChI=1S/C16H31N5O2/c1-11(2)15(23)16(4,5)10-17-14(22)9-20(6)8-13-19-18-12(3)21(13)7/h11,15,23H,8-10H2,1-7H3,(H,17,22). The average Bonchev–Trinajstić information content (AvgIpc) is 2.76. The van der Waals surface area contributed by atoms with Crippen LogP contribution in [0.1, 0.15) is 39.3 Å². The number of carbonyl (C=O) groups is 1. The SMILES string of the molecule is Cc1nnc(CN(C)CC(=O)NCC(C)(C)C(O)C(C)C)n1C.